The summed E-state index contributed by atoms with van der Waals surface area (Å²) in [5, 5.41) is 3.15. The standard InChI is InChI=1S/C11H20N2S/c1-6-9(3)10(8-13-7-2)11(4,14)12-5/h7-8,12,14H,2,6H2,1,3-5H3/b10-9-,13-8?. The monoisotopic (exact) mass is 212 g/mol. The fraction of sp³-hybridized carbons (Fsp3) is 0.545. The van der Waals surface area contributed by atoms with Crippen LogP contribution in [0.5, 0.6) is 0 Å². The SMILES string of the molecule is C=CN=C/C(=C(\C)CC)C(C)(S)NC. The van der Waals surface area contributed by atoms with E-state index in [1.165, 1.54) is 11.8 Å². The van der Waals surface area contributed by atoms with Crippen LogP contribution in [-0.4, -0.2) is 18.1 Å². The van der Waals surface area contributed by atoms with Gasteiger partial charge in [-0.2, -0.15) is 12.6 Å². The zero-order chi connectivity index (χ0) is 11.2. The quantitative estimate of drug-likeness (QED) is 0.409. The smallest absolute Gasteiger partial charge is 0.0855 e. The molecule has 0 rings (SSSR count). The molecule has 0 amide bonds. The van der Waals surface area contributed by atoms with Crippen molar-refractivity contribution in [3.8, 4) is 0 Å². The average molecular weight is 212 g/mol. The number of allylic oxidation sites excluding steroid dienone is 1. The van der Waals surface area contributed by atoms with Gasteiger partial charge in [-0.15, -0.1) is 0 Å². The number of likely N-dealkylation sites (N-methyl/N-ethyl adjacent to an activating group) is 1. The van der Waals surface area contributed by atoms with Crippen molar-refractivity contribution < 1.29 is 0 Å². The number of nitrogens with one attached hydrogen (secondary N) is 1. The average Bonchev–Trinajstić information content (AvgIpc) is 2.17. The molecular weight excluding hydrogens is 192 g/mol. The van der Waals surface area contributed by atoms with Gasteiger partial charge in [-0.05, 0) is 32.9 Å². The van der Waals surface area contributed by atoms with E-state index in [1.807, 2.05) is 20.2 Å². The van der Waals surface area contributed by atoms with E-state index in [0.717, 1.165) is 12.0 Å². The first-order valence-electron chi connectivity index (χ1n) is 4.75. The first-order valence-corrected chi connectivity index (χ1v) is 5.19. The van der Waals surface area contributed by atoms with E-state index in [9.17, 15) is 0 Å². The maximum Gasteiger partial charge on any atom is 0.0855 e. The number of hydrogen-bond acceptors (Lipinski definition) is 3. The van der Waals surface area contributed by atoms with Gasteiger partial charge in [0.25, 0.3) is 0 Å². The Morgan fingerprint density at radius 2 is 2.21 bits per heavy atom. The molecule has 1 N–H and O–H groups in total. The van der Waals surface area contributed by atoms with Crippen LogP contribution in [0.15, 0.2) is 28.9 Å². The summed E-state index contributed by atoms with van der Waals surface area (Å²) in [6.45, 7) is 9.79. The predicted octanol–water partition coefficient (Wildman–Crippen LogP) is 2.79. The van der Waals surface area contributed by atoms with Gasteiger partial charge in [0.2, 0.25) is 0 Å². The molecule has 14 heavy (non-hydrogen) atoms. The molecule has 0 aliphatic carbocycles. The molecule has 0 saturated heterocycles. The molecule has 0 fully saturated rings. The van der Waals surface area contributed by atoms with E-state index in [0.29, 0.717) is 0 Å². The number of aliphatic imine (C=N–C) groups is 1. The third-order valence-corrected chi connectivity index (χ3v) is 2.77. The molecule has 0 heterocycles. The molecule has 1 atom stereocenters. The van der Waals surface area contributed by atoms with Crippen LogP contribution in [0.1, 0.15) is 27.2 Å². The summed E-state index contributed by atoms with van der Waals surface area (Å²) in [4.78, 5) is 3.71. The van der Waals surface area contributed by atoms with Crippen molar-refractivity contribution in [2.75, 3.05) is 7.05 Å². The van der Waals surface area contributed by atoms with Crippen LogP contribution >= 0.6 is 12.6 Å². The zero-order valence-corrected chi connectivity index (χ0v) is 10.4. The molecule has 0 aromatic heterocycles. The molecule has 0 aromatic rings. The second-order valence-corrected chi connectivity index (χ2v) is 4.22. The van der Waals surface area contributed by atoms with E-state index in [1.54, 1.807) is 0 Å². The number of rotatable bonds is 5. The number of hydrogen-bond donors (Lipinski definition) is 2. The van der Waals surface area contributed by atoms with E-state index >= 15 is 0 Å². The highest BCUT2D eigenvalue weighted by Crippen LogP contribution is 2.23. The van der Waals surface area contributed by atoms with Crippen molar-refractivity contribution in [1.82, 2.24) is 5.32 Å². The van der Waals surface area contributed by atoms with Gasteiger partial charge in [0.1, 0.15) is 0 Å². The summed E-state index contributed by atoms with van der Waals surface area (Å²) in [6, 6.07) is 0. The summed E-state index contributed by atoms with van der Waals surface area (Å²) in [7, 11) is 1.89. The van der Waals surface area contributed by atoms with Crippen molar-refractivity contribution in [2.24, 2.45) is 4.99 Å². The second kappa shape index (κ2) is 6.04. The molecule has 80 valence electrons. The minimum atomic E-state index is -0.341. The molecule has 0 bridgehead atoms. The molecule has 0 saturated carbocycles. The van der Waals surface area contributed by atoms with Crippen molar-refractivity contribution in [3.63, 3.8) is 0 Å². The lowest BCUT2D eigenvalue weighted by molar-refractivity contribution is 0.653. The van der Waals surface area contributed by atoms with Gasteiger partial charge in [-0.25, -0.2) is 0 Å². The fourth-order valence-corrected chi connectivity index (χ4v) is 1.35. The highest BCUT2D eigenvalue weighted by molar-refractivity contribution is 7.82. The summed E-state index contributed by atoms with van der Waals surface area (Å²) >= 11 is 4.55. The molecule has 1 unspecified atom stereocenters. The van der Waals surface area contributed by atoms with Crippen molar-refractivity contribution in [2.45, 2.75) is 32.1 Å². The Labute approximate surface area is 92.6 Å². The fourth-order valence-electron chi connectivity index (χ4n) is 1.10. The Bertz CT molecular complexity index is 252. The first-order chi connectivity index (χ1) is 6.49. The van der Waals surface area contributed by atoms with Crippen LogP contribution in [0.25, 0.3) is 0 Å². The number of thiol groups is 1. The Morgan fingerprint density at radius 3 is 2.57 bits per heavy atom. The van der Waals surface area contributed by atoms with Crippen molar-refractivity contribution >= 4 is 18.8 Å². The van der Waals surface area contributed by atoms with Gasteiger partial charge in [0.05, 0.1) is 4.87 Å². The van der Waals surface area contributed by atoms with E-state index < -0.39 is 0 Å². The highest BCUT2D eigenvalue weighted by Gasteiger charge is 2.22. The lowest BCUT2D eigenvalue weighted by Gasteiger charge is -2.26. The summed E-state index contributed by atoms with van der Waals surface area (Å²) in [5.41, 5.74) is 2.38. The minimum Gasteiger partial charge on any atom is -0.303 e. The van der Waals surface area contributed by atoms with Gasteiger partial charge >= 0.3 is 0 Å². The van der Waals surface area contributed by atoms with Crippen LogP contribution in [0.4, 0.5) is 0 Å². The van der Waals surface area contributed by atoms with Gasteiger partial charge in [0.15, 0.2) is 0 Å². The molecule has 0 aliphatic heterocycles. The van der Waals surface area contributed by atoms with Crippen molar-refractivity contribution in [1.29, 1.82) is 0 Å². The van der Waals surface area contributed by atoms with Crippen LogP contribution in [-0.2, 0) is 0 Å². The molecule has 0 radical (unpaired) electrons. The second-order valence-electron chi connectivity index (χ2n) is 3.33. The molecule has 3 heteroatoms. The normalized spacial score (nSPS) is 17.8. The van der Waals surface area contributed by atoms with Gasteiger partial charge < -0.3 is 5.32 Å². The van der Waals surface area contributed by atoms with E-state index in [-0.39, 0.29) is 4.87 Å². The van der Waals surface area contributed by atoms with Crippen LogP contribution in [0.2, 0.25) is 0 Å². The van der Waals surface area contributed by atoms with Gasteiger partial charge in [0, 0.05) is 12.4 Å². The Hall–Kier alpha value is -0.540. The molecule has 0 aromatic carbocycles. The molecular formula is C11H20N2S. The van der Waals surface area contributed by atoms with Gasteiger partial charge in [-0.1, -0.05) is 19.1 Å². The number of nitrogens with zero attached hydrogens (tertiary/aromatic N) is 1. The molecule has 2 nitrogen and oxygen atoms in total. The third kappa shape index (κ3) is 3.68. The highest BCUT2D eigenvalue weighted by atomic mass is 32.1. The predicted molar refractivity (Wildman–Crippen MR) is 68.1 cm³/mol. The van der Waals surface area contributed by atoms with Gasteiger partial charge in [-0.3, -0.25) is 4.99 Å². The maximum absolute atomic E-state index is 4.55. The topological polar surface area (TPSA) is 24.4 Å². The van der Waals surface area contributed by atoms with Crippen LogP contribution in [0.3, 0.4) is 0 Å². The lowest BCUT2D eigenvalue weighted by atomic mass is 10.0. The van der Waals surface area contributed by atoms with E-state index in [2.05, 4.69) is 43.4 Å². The van der Waals surface area contributed by atoms with Crippen LogP contribution < -0.4 is 5.32 Å². The summed E-state index contributed by atoms with van der Waals surface area (Å²) < 4.78 is 0. The summed E-state index contributed by atoms with van der Waals surface area (Å²) in [6.07, 6.45) is 4.34. The zero-order valence-electron chi connectivity index (χ0n) is 9.46. The maximum atomic E-state index is 4.55. The Morgan fingerprint density at radius 1 is 1.64 bits per heavy atom. The molecule has 0 aliphatic rings. The van der Waals surface area contributed by atoms with Crippen molar-refractivity contribution in [3.05, 3.63) is 23.9 Å². The first kappa shape index (κ1) is 13.5. The van der Waals surface area contributed by atoms with E-state index in [4.69, 9.17) is 0 Å². The lowest BCUT2D eigenvalue weighted by Crippen LogP contribution is -2.37. The summed E-state index contributed by atoms with van der Waals surface area (Å²) in [5.74, 6) is 0. The van der Waals surface area contributed by atoms with Crippen LogP contribution in [0, 0.1) is 0 Å². The minimum absolute atomic E-state index is 0.341. The largest absolute Gasteiger partial charge is 0.303 e. The third-order valence-electron chi connectivity index (χ3n) is 2.31. The Kier molecular flexibility index (Phi) is 5.81. The Balaban J connectivity index is 5.11. The molecule has 0 spiro atoms.